The predicted octanol–water partition coefficient (Wildman–Crippen LogP) is 3.98. The van der Waals surface area contributed by atoms with Crippen molar-refractivity contribution in [2.75, 3.05) is 0 Å². The third-order valence-electron chi connectivity index (χ3n) is 2.22. The summed E-state index contributed by atoms with van der Waals surface area (Å²) in [6.45, 7) is 1.44. The Hall–Kier alpha value is -1.75. The Labute approximate surface area is 112 Å². The highest BCUT2D eigenvalue weighted by molar-refractivity contribution is 9.10. The topological polar surface area (TPSA) is 39.2 Å². The van der Waals surface area contributed by atoms with Gasteiger partial charge >= 0.3 is 0 Å². The number of aromatic nitrogens is 1. The van der Waals surface area contributed by atoms with Gasteiger partial charge in [0.15, 0.2) is 5.78 Å². The monoisotopic (exact) mass is 309 g/mol. The van der Waals surface area contributed by atoms with E-state index in [1.165, 1.54) is 25.3 Å². The number of nitrogens with zero attached hydrogens (tertiary/aromatic N) is 1. The van der Waals surface area contributed by atoms with Crippen molar-refractivity contribution in [2.24, 2.45) is 0 Å². The average molecular weight is 310 g/mol. The Morgan fingerprint density at radius 2 is 2.11 bits per heavy atom. The summed E-state index contributed by atoms with van der Waals surface area (Å²) in [5.74, 6) is 0.286. The summed E-state index contributed by atoms with van der Waals surface area (Å²) in [5, 5.41) is 0. The molecule has 0 aliphatic rings. The first kappa shape index (κ1) is 12.7. The molecule has 18 heavy (non-hydrogen) atoms. The van der Waals surface area contributed by atoms with E-state index in [4.69, 9.17) is 4.74 Å². The van der Waals surface area contributed by atoms with Crippen molar-refractivity contribution >= 4 is 21.7 Å². The third-order valence-corrected chi connectivity index (χ3v) is 2.87. The maximum absolute atomic E-state index is 13.1. The first-order valence-corrected chi connectivity index (χ1v) is 5.95. The van der Waals surface area contributed by atoms with E-state index in [0.717, 1.165) is 0 Å². The second-order valence-corrected chi connectivity index (χ2v) is 4.47. The molecule has 3 nitrogen and oxygen atoms in total. The van der Waals surface area contributed by atoms with Crippen LogP contribution in [0.3, 0.4) is 0 Å². The summed E-state index contributed by atoms with van der Waals surface area (Å²) in [6.07, 6.45) is 1.42. The highest BCUT2D eigenvalue weighted by atomic mass is 79.9. The molecule has 0 fully saturated rings. The van der Waals surface area contributed by atoms with Crippen molar-refractivity contribution in [1.29, 1.82) is 0 Å². The molecule has 0 aliphatic carbocycles. The van der Waals surface area contributed by atoms with Gasteiger partial charge in [-0.05, 0) is 40.2 Å². The number of carbonyl (C=O) groups is 1. The fraction of sp³-hybridized carbons (Fsp3) is 0.0769. The molecule has 0 saturated heterocycles. The van der Waals surface area contributed by atoms with Gasteiger partial charge in [-0.25, -0.2) is 9.37 Å². The lowest BCUT2D eigenvalue weighted by molar-refractivity contribution is 0.101. The van der Waals surface area contributed by atoms with Crippen LogP contribution in [0.5, 0.6) is 11.5 Å². The summed E-state index contributed by atoms with van der Waals surface area (Å²) in [7, 11) is 0. The van der Waals surface area contributed by atoms with E-state index in [1.807, 2.05) is 0 Å². The van der Waals surface area contributed by atoms with Crippen LogP contribution in [-0.2, 0) is 0 Å². The number of hydrogen-bond acceptors (Lipinski definition) is 3. The molecule has 0 saturated carbocycles. The molecule has 5 heteroatoms. The molecule has 0 unspecified atom stereocenters. The number of carbonyl (C=O) groups excluding carboxylic acids is 1. The Morgan fingerprint density at radius 3 is 2.72 bits per heavy atom. The van der Waals surface area contributed by atoms with Gasteiger partial charge in [-0.1, -0.05) is 0 Å². The summed E-state index contributed by atoms with van der Waals surface area (Å²) >= 11 is 3.26. The van der Waals surface area contributed by atoms with Crippen molar-refractivity contribution < 1.29 is 13.9 Å². The molecule has 1 heterocycles. The van der Waals surface area contributed by atoms with Crippen LogP contribution >= 0.6 is 15.9 Å². The van der Waals surface area contributed by atoms with Crippen molar-refractivity contribution in [3.63, 3.8) is 0 Å². The summed E-state index contributed by atoms with van der Waals surface area (Å²) < 4.78 is 19.2. The number of benzene rings is 1. The number of ether oxygens (including phenoxy) is 1. The lowest BCUT2D eigenvalue weighted by Crippen LogP contribution is -1.96. The Morgan fingerprint density at radius 1 is 1.33 bits per heavy atom. The Bertz CT molecular complexity index is 584. The second kappa shape index (κ2) is 5.27. The van der Waals surface area contributed by atoms with Gasteiger partial charge in [0.2, 0.25) is 0 Å². The molecule has 0 N–H and O–H groups in total. The first-order valence-electron chi connectivity index (χ1n) is 5.16. The van der Waals surface area contributed by atoms with Crippen molar-refractivity contribution in [1.82, 2.24) is 4.98 Å². The van der Waals surface area contributed by atoms with Crippen LogP contribution < -0.4 is 4.74 Å². The molecule has 0 aliphatic heterocycles. The minimum absolute atomic E-state index is 0.117. The number of ketones is 1. The van der Waals surface area contributed by atoms with E-state index >= 15 is 0 Å². The summed E-state index contributed by atoms with van der Waals surface area (Å²) in [5.41, 5.74) is 0.362. The standard InChI is InChI=1S/C13H9BrFNO2/c1-8(17)12-5-3-10(7-16-12)18-13-6-9(15)2-4-11(13)14/h2-7H,1H3. The SMILES string of the molecule is CC(=O)c1ccc(Oc2cc(F)ccc2Br)cn1. The van der Waals surface area contributed by atoms with Crippen molar-refractivity contribution in [2.45, 2.75) is 6.92 Å². The zero-order valence-corrected chi connectivity index (χ0v) is 11.1. The number of pyridine rings is 1. The van der Waals surface area contributed by atoms with Crippen molar-refractivity contribution in [3.05, 3.63) is 52.5 Å². The largest absolute Gasteiger partial charge is 0.454 e. The molecule has 92 valence electrons. The fourth-order valence-corrected chi connectivity index (χ4v) is 1.66. The van der Waals surface area contributed by atoms with E-state index < -0.39 is 0 Å². The van der Waals surface area contributed by atoms with Crippen LogP contribution in [0.25, 0.3) is 0 Å². The van der Waals surface area contributed by atoms with E-state index in [9.17, 15) is 9.18 Å². The normalized spacial score (nSPS) is 10.2. The Balaban J connectivity index is 2.23. The summed E-state index contributed by atoms with van der Waals surface area (Å²) in [6, 6.07) is 7.32. The van der Waals surface area contributed by atoms with Crippen molar-refractivity contribution in [3.8, 4) is 11.5 Å². The van der Waals surface area contributed by atoms with Gasteiger partial charge in [0.1, 0.15) is 23.0 Å². The average Bonchev–Trinajstić information content (AvgIpc) is 2.34. The van der Waals surface area contributed by atoms with E-state index in [-0.39, 0.29) is 11.6 Å². The Kier molecular flexibility index (Phi) is 3.72. The zero-order chi connectivity index (χ0) is 13.1. The van der Waals surface area contributed by atoms with Gasteiger partial charge in [0, 0.05) is 13.0 Å². The fourth-order valence-electron chi connectivity index (χ4n) is 1.33. The van der Waals surface area contributed by atoms with E-state index in [1.54, 1.807) is 18.2 Å². The molecule has 2 aromatic rings. The van der Waals surface area contributed by atoms with Crippen LogP contribution in [0.2, 0.25) is 0 Å². The maximum Gasteiger partial charge on any atom is 0.178 e. The van der Waals surface area contributed by atoms with Gasteiger partial charge in [-0.3, -0.25) is 4.79 Å². The van der Waals surface area contributed by atoms with Crippen LogP contribution in [0.1, 0.15) is 17.4 Å². The number of Topliss-reactive ketones (excluding diaryl/α,β-unsaturated/α-hetero) is 1. The maximum atomic E-state index is 13.1. The van der Waals surface area contributed by atoms with Gasteiger partial charge < -0.3 is 4.74 Å². The minimum Gasteiger partial charge on any atom is -0.454 e. The first-order chi connectivity index (χ1) is 8.56. The molecule has 0 amide bonds. The lowest BCUT2D eigenvalue weighted by Gasteiger charge is -2.07. The van der Waals surface area contributed by atoms with Gasteiger partial charge in [0.05, 0.1) is 10.7 Å². The summed E-state index contributed by atoms with van der Waals surface area (Å²) in [4.78, 5) is 15.0. The molecule has 0 radical (unpaired) electrons. The van der Waals surface area contributed by atoms with Crippen LogP contribution in [-0.4, -0.2) is 10.8 Å². The smallest absolute Gasteiger partial charge is 0.178 e. The third kappa shape index (κ3) is 2.92. The van der Waals surface area contributed by atoms with Crippen LogP contribution in [0.4, 0.5) is 4.39 Å². The molecule has 0 bridgehead atoms. The lowest BCUT2D eigenvalue weighted by atomic mass is 10.3. The van der Waals surface area contributed by atoms with E-state index in [0.29, 0.717) is 21.7 Å². The van der Waals surface area contributed by atoms with Gasteiger partial charge in [0.25, 0.3) is 0 Å². The molecule has 1 aromatic heterocycles. The minimum atomic E-state index is -0.387. The number of halogens is 2. The highest BCUT2D eigenvalue weighted by Gasteiger charge is 2.06. The predicted molar refractivity (Wildman–Crippen MR) is 68.4 cm³/mol. The van der Waals surface area contributed by atoms with Crippen LogP contribution in [0.15, 0.2) is 41.0 Å². The van der Waals surface area contributed by atoms with Gasteiger partial charge in [-0.15, -0.1) is 0 Å². The number of hydrogen-bond donors (Lipinski definition) is 0. The molecule has 2 rings (SSSR count). The van der Waals surface area contributed by atoms with Gasteiger partial charge in [-0.2, -0.15) is 0 Å². The zero-order valence-electron chi connectivity index (χ0n) is 9.48. The second-order valence-electron chi connectivity index (χ2n) is 3.61. The van der Waals surface area contributed by atoms with E-state index in [2.05, 4.69) is 20.9 Å². The quantitative estimate of drug-likeness (QED) is 0.805. The highest BCUT2D eigenvalue weighted by Crippen LogP contribution is 2.29. The molecular weight excluding hydrogens is 301 g/mol. The van der Waals surface area contributed by atoms with Crippen LogP contribution in [0, 0.1) is 5.82 Å². The molecular formula is C13H9BrFNO2. The molecule has 0 spiro atoms. The number of rotatable bonds is 3. The molecule has 1 aromatic carbocycles. The molecule has 0 atom stereocenters.